The summed E-state index contributed by atoms with van der Waals surface area (Å²) in [5.41, 5.74) is 0. The average molecular weight is 273 g/mol. The number of carbonyl (C=O) groups excluding carboxylic acids is 1. The highest BCUT2D eigenvalue weighted by Gasteiger charge is 1.98. The summed E-state index contributed by atoms with van der Waals surface area (Å²) in [6, 6.07) is 6.83. The number of hydrogen-bond donors (Lipinski definition) is 2. The number of methoxy groups -OCH3 is 1. The van der Waals surface area contributed by atoms with Gasteiger partial charge in [-0.15, -0.1) is 0 Å². The SMILES string of the molecule is COCCNC(=O)NCCOc1ccc(Cl)cc1. The van der Waals surface area contributed by atoms with Crippen molar-refractivity contribution in [3.63, 3.8) is 0 Å². The first-order valence-electron chi connectivity index (χ1n) is 5.61. The number of halogens is 1. The summed E-state index contributed by atoms with van der Waals surface area (Å²) in [5, 5.41) is 5.97. The molecule has 2 N–H and O–H groups in total. The molecule has 0 heterocycles. The number of nitrogens with one attached hydrogen (secondary N) is 2. The molecule has 0 aliphatic rings. The predicted molar refractivity (Wildman–Crippen MR) is 70.2 cm³/mol. The zero-order valence-corrected chi connectivity index (χ0v) is 11.0. The van der Waals surface area contributed by atoms with Gasteiger partial charge >= 0.3 is 6.03 Å². The minimum atomic E-state index is -0.230. The summed E-state index contributed by atoms with van der Waals surface area (Å²) < 4.78 is 10.2. The Hall–Kier alpha value is -1.46. The lowest BCUT2D eigenvalue weighted by Gasteiger charge is -2.08. The van der Waals surface area contributed by atoms with E-state index in [1.54, 1.807) is 31.4 Å². The topological polar surface area (TPSA) is 59.6 Å². The summed E-state index contributed by atoms with van der Waals surface area (Å²) in [7, 11) is 1.58. The standard InChI is InChI=1S/C12H17ClN2O3/c1-17-8-6-14-12(16)15-7-9-18-11-4-2-10(13)3-5-11/h2-5H,6-9H2,1H3,(H2,14,15,16). The fourth-order valence-corrected chi connectivity index (χ4v) is 1.32. The molecule has 1 rings (SSSR count). The third-order valence-electron chi connectivity index (χ3n) is 2.06. The van der Waals surface area contributed by atoms with Crippen LogP contribution in [0.5, 0.6) is 5.75 Å². The van der Waals surface area contributed by atoms with E-state index in [2.05, 4.69) is 10.6 Å². The number of rotatable bonds is 7. The van der Waals surface area contributed by atoms with Crippen LogP contribution in [0.4, 0.5) is 4.79 Å². The second kappa shape index (κ2) is 8.60. The minimum absolute atomic E-state index is 0.230. The third-order valence-corrected chi connectivity index (χ3v) is 2.31. The molecule has 1 aromatic rings. The maximum absolute atomic E-state index is 11.2. The van der Waals surface area contributed by atoms with Crippen molar-refractivity contribution in [3.05, 3.63) is 29.3 Å². The average Bonchev–Trinajstić information content (AvgIpc) is 2.37. The molecule has 0 unspecified atom stereocenters. The highest BCUT2D eigenvalue weighted by molar-refractivity contribution is 6.30. The Morgan fingerprint density at radius 2 is 1.78 bits per heavy atom. The molecule has 5 nitrogen and oxygen atoms in total. The van der Waals surface area contributed by atoms with Gasteiger partial charge in [0, 0.05) is 18.7 Å². The van der Waals surface area contributed by atoms with Crippen LogP contribution in [-0.2, 0) is 4.74 Å². The molecule has 6 heteroatoms. The van der Waals surface area contributed by atoms with Crippen molar-refractivity contribution in [2.45, 2.75) is 0 Å². The van der Waals surface area contributed by atoms with Gasteiger partial charge in [0.2, 0.25) is 0 Å². The third kappa shape index (κ3) is 6.32. The van der Waals surface area contributed by atoms with Crippen molar-refractivity contribution in [2.75, 3.05) is 33.4 Å². The van der Waals surface area contributed by atoms with Crippen LogP contribution in [0.15, 0.2) is 24.3 Å². The molecule has 0 atom stereocenters. The second-order valence-electron chi connectivity index (χ2n) is 3.48. The number of urea groups is 1. The molecule has 0 aromatic heterocycles. The zero-order valence-electron chi connectivity index (χ0n) is 10.2. The smallest absolute Gasteiger partial charge is 0.314 e. The maximum atomic E-state index is 11.2. The number of amides is 2. The molecule has 0 saturated carbocycles. The van der Waals surface area contributed by atoms with Crippen molar-refractivity contribution < 1.29 is 14.3 Å². The number of carbonyl (C=O) groups is 1. The van der Waals surface area contributed by atoms with Crippen molar-refractivity contribution in [2.24, 2.45) is 0 Å². The summed E-state index contributed by atoms with van der Waals surface area (Å²) in [6.45, 7) is 1.82. The lowest BCUT2D eigenvalue weighted by atomic mass is 10.3. The summed E-state index contributed by atoms with van der Waals surface area (Å²) in [6.07, 6.45) is 0. The predicted octanol–water partition coefficient (Wildman–Crippen LogP) is 1.66. The minimum Gasteiger partial charge on any atom is -0.492 e. The maximum Gasteiger partial charge on any atom is 0.314 e. The molecule has 0 spiro atoms. The van der Waals surface area contributed by atoms with Gasteiger partial charge in [-0.05, 0) is 24.3 Å². The Kier molecular flexibility index (Phi) is 6.98. The highest BCUT2D eigenvalue weighted by atomic mass is 35.5. The molecule has 0 radical (unpaired) electrons. The molecule has 0 aliphatic carbocycles. The molecule has 1 aromatic carbocycles. The van der Waals surface area contributed by atoms with E-state index in [-0.39, 0.29) is 6.03 Å². The van der Waals surface area contributed by atoms with Crippen LogP contribution < -0.4 is 15.4 Å². The van der Waals surface area contributed by atoms with Gasteiger partial charge in [-0.1, -0.05) is 11.6 Å². The fraction of sp³-hybridized carbons (Fsp3) is 0.417. The summed E-state index contributed by atoms with van der Waals surface area (Å²) in [5.74, 6) is 0.723. The molecule has 0 bridgehead atoms. The van der Waals surface area contributed by atoms with E-state index in [4.69, 9.17) is 21.1 Å². The van der Waals surface area contributed by atoms with Crippen molar-refractivity contribution in [1.82, 2.24) is 10.6 Å². The molecule has 100 valence electrons. The van der Waals surface area contributed by atoms with E-state index in [0.717, 1.165) is 5.75 Å². The fourth-order valence-electron chi connectivity index (χ4n) is 1.19. The van der Waals surface area contributed by atoms with Crippen LogP contribution in [-0.4, -0.2) is 39.4 Å². The Morgan fingerprint density at radius 1 is 1.17 bits per heavy atom. The van der Waals surface area contributed by atoms with Gasteiger partial charge in [0.1, 0.15) is 12.4 Å². The van der Waals surface area contributed by atoms with E-state index in [1.165, 1.54) is 0 Å². The monoisotopic (exact) mass is 272 g/mol. The van der Waals surface area contributed by atoms with Crippen LogP contribution in [0.1, 0.15) is 0 Å². The Morgan fingerprint density at radius 3 is 2.39 bits per heavy atom. The Bertz CT molecular complexity index is 357. The van der Waals surface area contributed by atoms with Crippen LogP contribution in [0.3, 0.4) is 0 Å². The van der Waals surface area contributed by atoms with Crippen LogP contribution >= 0.6 is 11.6 Å². The molecular weight excluding hydrogens is 256 g/mol. The largest absolute Gasteiger partial charge is 0.492 e. The first-order valence-corrected chi connectivity index (χ1v) is 5.99. The first-order chi connectivity index (χ1) is 8.72. The highest BCUT2D eigenvalue weighted by Crippen LogP contribution is 2.14. The molecule has 18 heavy (non-hydrogen) atoms. The molecule has 2 amide bonds. The van der Waals surface area contributed by atoms with Crippen molar-refractivity contribution in [3.8, 4) is 5.75 Å². The molecular formula is C12H17ClN2O3. The Balaban J connectivity index is 2.07. The van der Waals surface area contributed by atoms with E-state index >= 15 is 0 Å². The van der Waals surface area contributed by atoms with Gasteiger partial charge in [0.05, 0.1) is 13.2 Å². The van der Waals surface area contributed by atoms with Crippen LogP contribution in [0, 0.1) is 0 Å². The molecule has 0 fully saturated rings. The van der Waals surface area contributed by atoms with E-state index in [9.17, 15) is 4.79 Å². The quantitative estimate of drug-likeness (QED) is 0.742. The number of hydrogen-bond acceptors (Lipinski definition) is 3. The van der Waals surface area contributed by atoms with E-state index < -0.39 is 0 Å². The summed E-state index contributed by atoms with van der Waals surface area (Å²) in [4.78, 5) is 11.2. The summed E-state index contributed by atoms with van der Waals surface area (Å²) >= 11 is 5.74. The lowest BCUT2D eigenvalue weighted by molar-refractivity contribution is 0.195. The van der Waals surface area contributed by atoms with Crippen molar-refractivity contribution in [1.29, 1.82) is 0 Å². The van der Waals surface area contributed by atoms with Crippen molar-refractivity contribution >= 4 is 17.6 Å². The lowest BCUT2D eigenvalue weighted by Crippen LogP contribution is -2.39. The number of benzene rings is 1. The van der Waals surface area contributed by atoms with Gasteiger partial charge in [-0.3, -0.25) is 0 Å². The molecule has 0 aliphatic heterocycles. The zero-order chi connectivity index (χ0) is 13.2. The van der Waals surface area contributed by atoms with E-state index in [1.807, 2.05) is 0 Å². The van der Waals surface area contributed by atoms with E-state index in [0.29, 0.717) is 31.3 Å². The first kappa shape index (κ1) is 14.6. The second-order valence-corrected chi connectivity index (χ2v) is 3.91. The van der Waals surface area contributed by atoms with Gasteiger partial charge in [-0.25, -0.2) is 4.79 Å². The molecule has 0 saturated heterocycles. The van der Waals surface area contributed by atoms with Crippen LogP contribution in [0.25, 0.3) is 0 Å². The Labute approximate surface area is 111 Å². The van der Waals surface area contributed by atoms with Gasteiger partial charge < -0.3 is 20.1 Å². The van der Waals surface area contributed by atoms with Gasteiger partial charge in [-0.2, -0.15) is 0 Å². The number of ether oxygens (including phenoxy) is 2. The van der Waals surface area contributed by atoms with Gasteiger partial charge in [0.25, 0.3) is 0 Å². The van der Waals surface area contributed by atoms with Crippen LogP contribution in [0.2, 0.25) is 5.02 Å². The van der Waals surface area contributed by atoms with Gasteiger partial charge in [0.15, 0.2) is 0 Å². The normalized spacial score (nSPS) is 9.89.